The summed E-state index contributed by atoms with van der Waals surface area (Å²) < 4.78 is 27.2. The number of nitrogen functional groups attached to an aromatic ring is 1. The van der Waals surface area contributed by atoms with Gasteiger partial charge in [-0.15, -0.1) is 0 Å². The Bertz CT molecular complexity index is 458. The summed E-state index contributed by atoms with van der Waals surface area (Å²) in [6.45, 7) is 3.56. The molecule has 0 aliphatic rings. The third-order valence-electron chi connectivity index (χ3n) is 2.17. The predicted octanol–water partition coefficient (Wildman–Crippen LogP) is 0.661. The first kappa shape index (κ1) is 12.7. The third kappa shape index (κ3) is 2.83. The number of nitrogens with zero attached hydrogens (tertiary/aromatic N) is 2. The van der Waals surface area contributed by atoms with Gasteiger partial charge in [0.1, 0.15) is 0 Å². The molecule has 1 aromatic heterocycles. The second-order valence-corrected chi connectivity index (χ2v) is 5.39. The minimum Gasteiger partial charge on any atom is -0.396 e. The molecule has 7 heteroatoms. The zero-order valence-electron chi connectivity index (χ0n) is 9.51. The monoisotopic (exact) mass is 244 g/mol. The van der Waals surface area contributed by atoms with E-state index in [1.807, 2.05) is 0 Å². The number of nitrogens with two attached hydrogens (primary N) is 1. The summed E-state index contributed by atoms with van der Waals surface area (Å²) in [5.41, 5.74) is 5.89. The van der Waals surface area contributed by atoms with Gasteiger partial charge in [-0.1, -0.05) is 0 Å². The Hall–Kier alpha value is -1.34. The first-order valence-electron chi connectivity index (χ1n) is 4.81. The van der Waals surface area contributed by atoms with Gasteiger partial charge >= 0.3 is 10.2 Å². The number of hydrogen-bond donors (Lipinski definition) is 2. The molecule has 0 radical (unpaired) electrons. The first-order valence-corrected chi connectivity index (χ1v) is 6.25. The zero-order valence-corrected chi connectivity index (χ0v) is 10.3. The van der Waals surface area contributed by atoms with Gasteiger partial charge in [0.05, 0.1) is 5.69 Å². The van der Waals surface area contributed by atoms with E-state index in [0.29, 0.717) is 5.69 Å². The normalized spacial score (nSPS) is 12.1. The van der Waals surface area contributed by atoms with Crippen molar-refractivity contribution in [3.8, 4) is 0 Å². The number of aromatic nitrogens is 1. The highest BCUT2D eigenvalue weighted by Crippen LogP contribution is 2.16. The van der Waals surface area contributed by atoms with Crippen LogP contribution in [-0.2, 0) is 10.2 Å². The van der Waals surface area contributed by atoms with Gasteiger partial charge in [-0.3, -0.25) is 4.72 Å². The van der Waals surface area contributed by atoms with Gasteiger partial charge in [0.25, 0.3) is 0 Å². The Labute approximate surface area is 95.7 Å². The fourth-order valence-corrected chi connectivity index (χ4v) is 2.09. The van der Waals surface area contributed by atoms with E-state index < -0.39 is 10.2 Å². The van der Waals surface area contributed by atoms with Gasteiger partial charge in [0.2, 0.25) is 0 Å². The number of hydrogen-bond acceptors (Lipinski definition) is 4. The van der Waals surface area contributed by atoms with Crippen molar-refractivity contribution in [2.24, 2.45) is 0 Å². The summed E-state index contributed by atoms with van der Waals surface area (Å²) in [6, 6.07) is 3.09. The standard InChI is InChI=1S/C9H16N4O2S/c1-7(2)13(3)16(14,15)12-9-8(10)5-4-6-11-9/h4-7H,10H2,1-3H3,(H,11,12). The van der Waals surface area contributed by atoms with E-state index in [0.717, 1.165) is 0 Å². The second kappa shape index (κ2) is 4.67. The molecule has 16 heavy (non-hydrogen) atoms. The molecule has 6 nitrogen and oxygen atoms in total. The number of nitrogens with one attached hydrogen (secondary N) is 1. The lowest BCUT2D eigenvalue weighted by Gasteiger charge is -2.21. The molecular weight excluding hydrogens is 228 g/mol. The van der Waals surface area contributed by atoms with E-state index >= 15 is 0 Å². The van der Waals surface area contributed by atoms with E-state index in [-0.39, 0.29) is 11.9 Å². The summed E-state index contributed by atoms with van der Waals surface area (Å²) in [5.74, 6) is 0.148. The lowest BCUT2D eigenvalue weighted by Crippen LogP contribution is -2.37. The molecule has 1 rings (SSSR count). The van der Waals surface area contributed by atoms with Crippen molar-refractivity contribution >= 4 is 21.7 Å². The Balaban J connectivity index is 2.94. The molecule has 0 amide bonds. The Morgan fingerprint density at radius 2 is 2.12 bits per heavy atom. The fraction of sp³-hybridized carbons (Fsp3) is 0.444. The molecule has 0 aliphatic heterocycles. The number of anilines is 2. The molecule has 0 saturated heterocycles. The Morgan fingerprint density at radius 3 is 2.62 bits per heavy atom. The summed E-state index contributed by atoms with van der Waals surface area (Å²) in [6.07, 6.45) is 1.48. The molecule has 1 aromatic rings. The highest BCUT2D eigenvalue weighted by Gasteiger charge is 2.21. The topological polar surface area (TPSA) is 88.3 Å². The molecule has 0 atom stereocenters. The van der Waals surface area contributed by atoms with Gasteiger partial charge in [0.15, 0.2) is 5.82 Å². The Kier molecular flexibility index (Phi) is 3.71. The van der Waals surface area contributed by atoms with Crippen LogP contribution in [0.2, 0.25) is 0 Å². The highest BCUT2D eigenvalue weighted by molar-refractivity contribution is 7.90. The van der Waals surface area contributed by atoms with Crippen LogP contribution < -0.4 is 10.5 Å². The van der Waals surface area contributed by atoms with Gasteiger partial charge in [0, 0.05) is 19.3 Å². The van der Waals surface area contributed by atoms with Crippen LogP contribution in [0.25, 0.3) is 0 Å². The zero-order chi connectivity index (χ0) is 12.3. The Morgan fingerprint density at radius 1 is 1.50 bits per heavy atom. The van der Waals surface area contributed by atoms with Gasteiger partial charge in [-0.25, -0.2) is 4.98 Å². The lowest BCUT2D eigenvalue weighted by molar-refractivity contribution is 0.414. The van der Waals surface area contributed by atoms with Crippen LogP contribution in [0.15, 0.2) is 18.3 Å². The van der Waals surface area contributed by atoms with Crippen LogP contribution >= 0.6 is 0 Å². The minimum absolute atomic E-state index is 0.137. The molecule has 3 N–H and O–H groups in total. The van der Waals surface area contributed by atoms with E-state index in [1.54, 1.807) is 26.0 Å². The van der Waals surface area contributed by atoms with Crippen molar-refractivity contribution in [1.82, 2.24) is 9.29 Å². The highest BCUT2D eigenvalue weighted by atomic mass is 32.2. The molecule has 0 unspecified atom stereocenters. The van der Waals surface area contributed by atoms with Crippen LogP contribution in [0.3, 0.4) is 0 Å². The average Bonchev–Trinajstić information content (AvgIpc) is 2.20. The van der Waals surface area contributed by atoms with Crippen LogP contribution in [0.5, 0.6) is 0 Å². The van der Waals surface area contributed by atoms with E-state index in [2.05, 4.69) is 9.71 Å². The largest absolute Gasteiger partial charge is 0.396 e. The number of pyridine rings is 1. The van der Waals surface area contributed by atoms with Crippen molar-refractivity contribution in [1.29, 1.82) is 0 Å². The quantitative estimate of drug-likeness (QED) is 0.814. The van der Waals surface area contributed by atoms with Crippen molar-refractivity contribution in [3.05, 3.63) is 18.3 Å². The predicted molar refractivity (Wildman–Crippen MR) is 64.1 cm³/mol. The van der Waals surface area contributed by atoms with Gasteiger partial charge in [-0.05, 0) is 26.0 Å². The maximum Gasteiger partial charge on any atom is 0.302 e. The molecule has 0 spiro atoms. The molecule has 0 aromatic carbocycles. The minimum atomic E-state index is -3.59. The van der Waals surface area contributed by atoms with Crippen molar-refractivity contribution in [3.63, 3.8) is 0 Å². The SMILES string of the molecule is CC(C)N(C)S(=O)(=O)Nc1ncccc1N. The van der Waals surface area contributed by atoms with Crippen LogP contribution in [0.4, 0.5) is 11.5 Å². The second-order valence-electron chi connectivity index (χ2n) is 3.66. The average molecular weight is 244 g/mol. The maximum absolute atomic E-state index is 11.8. The van der Waals surface area contributed by atoms with Crippen LogP contribution in [0, 0.1) is 0 Å². The molecular formula is C9H16N4O2S. The van der Waals surface area contributed by atoms with Crippen LogP contribution in [-0.4, -0.2) is 30.8 Å². The van der Waals surface area contributed by atoms with Gasteiger partial charge in [-0.2, -0.15) is 12.7 Å². The van der Waals surface area contributed by atoms with E-state index in [4.69, 9.17) is 5.73 Å². The molecule has 0 fully saturated rings. The van der Waals surface area contributed by atoms with Crippen molar-refractivity contribution in [2.45, 2.75) is 19.9 Å². The number of rotatable bonds is 4. The van der Waals surface area contributed by atoms with Crippen molar-refractivity contribution < 1.29 is 8.42 Å². The lowest BCUT2D eigenvalue weighted by atomic mass is 10.4. The fourth-order valence-electron chi connectivity index (χ4n) is 0.975. The smallest absolute Gasteiger partial charge is 0.302 e. The molecule has 0 saturated carbocycles. The summed E-state index contributed by atoms with van der Waals surface area (Å²) in [4.78, 5) is 3.86. The van der Waals surface area contributed by atoms with E-state index in [1.165, 1.54) is 17.5 Å². The van der Waals surface area contributed by atoms with Crippen molar-refractivity contribution in [2.75, 3.05) is 17.5 Å². The van der Waals surface area contributed by atoms with Gasteiger partial charge < -0.3 is 5.73 Å². The maximum atomic E-state index is 11.8. The third-order valence-corrected chi connectivity index (χ3v) is 3.80. The van der Waals surface area contributed by atoms with Crippen LogP contribution in [0.1, 0.15) is 13.8 Å². The first-order chi connectivity index (χ1) is 7.34. The van der Waals surface area contributed by atoms with E-state index in [9.17, 15) is 8.42 Å². The summed E-state index contributed by atoms with van der Waals surface area (Å²) in [7, 11) is -2.10. The molecule has 0 bridgehead atoms. The molecule has 90 valence electrons. The summed E-state index contributed by atoms with van der Waals surface area (Å²) >= 11 is 0. The molecule has 1 heterocycles. The summed E-state index contributed by atoms with van der Waals surface area (Å²) in [5, 5.41) is 0. The molecule has 0 aliphatic carbocycles.